The summed E-state index contributed by atoms with van der Waals surface area (Å²) in [6.07, 6.45) is 0. The van der Waals surface area contributed by atoms with Crippen LogP contribution in [0.5, 0.6) is 0 Å². The summed E-state index contributed by atoms with van der Waals surface area (Å²) in [5.74, 6) is 1.97. The van der Waals surface area contributed by atoms with Crippen LogP contribution < -0.4 is 0 Å². The highest BCUT2D eigenvalue weighted by Crippen LogP contribution is 2.50. The molecule has 0 saturated heterocycles. The van der Waals surface area contributed by atoms with Crippen LogP contribution in [-0.2, 0) is 5.41 Å². The van der Waals surface area contributed by atoms with Crippen molar-refractivity contribution in [3.8, 4) is 56.4 Å². The van der Waals surface area contributed by atoms with Gasteiger partial charge in [-0.2, -0.15) is 0 Å². The molecule has 3 heteroatoms. The van der Waals surface area contributed by atoms with E-state index in [1.54, 1.807) is 0 Å². The van der Waals surface area contributed by atoms with Crippen LogP contribution in [0.1, 0.15) is 25.0 Å². The van der Waals surface area contributed by atoms with Crippen LogP contribution in [0.4, 0.5) is 0 Å². The van der Waals surface area contributed by atoms with Crippen molar-refractivity contribution in [3.63, 3.8) is 0 Å². The molecule has 10 rings (SSSR count). The minimum absolute atomic E-state index is 0.0686. The quantitative estimate of drug-likeness (QED) is 0.190. The number of fused-ring (bicyclic) bond motifs is 6. The lowest BCUT2D eigenvalue weighted by molar-refractivity contribution is 0.660. The Morgan fingerprint density at radius 2 is 0.824 bits per heavy atom. The molecule has 51 heavy (non-hydrogen) atoms. The van der Waals surface area contributed by atoms with E-state index in [4.69, 9.17) is 15.0 Å². The average Bonchev–Trinajstić information content (AvgIpc) is 3.42. The molecule has 0 saturated carbocycles. The van der Waals surface area contributed by atoms with Gasteiger partial charge in [-0.05, 0) is 83.9 Å². The van der Waals surface area contributed by atoms with Gasteiger partial charge in [0.05, 0.1) is 0 Å². The van der Waals surface area contributed by atoms with Gasteiger partial charge < -0.3 is 0 Å². The molecular formula is C48H33N3. The smallest absolute Gasteiger partial charge is 0.164 e. The summed E-state index contributed by atoms with van der Waals surface area (Å²) in [4.78, 5) is 15.5. The largest absolute Gasteiger partial charge is 0.208 e. The molecule has 0 radical (unpaired) electrons. The van der Waals surface area contributed by atoms with Crippen LogP contribution in [0, 0.1) is 0 Å². The Kier molecular flexibility index (Phi) is 6.53. The molecule has 0 aliphatic heterocycles. The summed E-state index contributed by atoms with van der Waals surface area (Å²) < 4.78 is 0. The molecule has 9 aromatic rings. The normalized spacial score (nSPS) is 13.1. The van der Waals surface area contributed by atoms with Crippen molar-refractivity contribution >= 4 is 32.3 Å². The lowest BCUT2D eigenvalue weighted by atomic mass is 9.81. The van der Waals surface area contributed by atoms with Crippen molar-refractivity contribution in [3.05, 3.63) is 175 Å². The standard InChI is InChI=1S/C48H33N3/c1-48(2)43-20-8-7-15-40(43)41-26-25-34(29-44(41)48)37-16-9-18-39-38(37)17-10-19-42(39)47-50-45(35-23-21-30-11-3-5-13-32(30)27-35)49-46(51-47)36-24-22-31-12-4-6-14-33(31)28-36/h3-29H,1-2H3. The highest BCUT2D eigenvalue weighted by molar-refractivity contribution is 6.04. The van der Waals surface area contributed by atoms with Crippen LogP contribution in [-0.4, -0.2) is 15.0 Å². The zero-order valence-corrected chi connectivity index (χ0v) is 28.4. The average molecular weight is 652 g/mol. The van der Waals surface area contributed by atoms with Crippen molar-refractivity contribution in [2.24, 2.45) is 0 Å². The molecule has 0 N–H and O–H groups in total. The highest BCUT2D eigenvalue weighted by Gasteiger charge is 2.35. The second kappa shape index (κ2) is 11.3. The van der Waals surface area contributed by atoms with Gasteiger partial charge in [0.1, 0.15) is 0 Å². The van der Waals surface area contributed by atoms with E-state index in [-0.39, 0.29) is 5.41 Å². The van der Waals surface area contributed by atoms with Crippen molar-refractivity contribution in [1.82, 2.24) is 15.0 Å². The molecule has 1 heterocycles. The van der Waals surface area contributed by atoms with Gasteiger partial charge in [-0.25, -0.2) is 15.0 Å². The summed E-state index contributed by atoms with van der Waals surface area (Å²) in [6, 6.07) is 58.5. The van der Waals surface area contributed by atoms with Crippen molar-refractivity contribution in [1.29, 1.82) is 0 Å². The summed E-state index contributed by atoms with van der Waals surface area (Å²) >= 11 is 0. The molecule has 1 aromatic heterocycles. The van der Waals surface area contributed by atoms with E-state index >= 15 is 0 Å². The monoisotopic (exact) mass is 651 g/mol. The summed E-state index contributed by atoms with van der Waals surface area (Å²) in [5.41, 5.74) is 10.7. The van der Waals surface area contributed by atoms with E-state index in [2.05, 4.69) is 178 Å². The Hall–Kier alpha value is -6.45. The summed E-state index contributed by atoms with van der Waals surface area (Å²) in [5, 5.41) is 6.96. The minimum Gasteiger partial charge on any atom is -0.208 e. The first-order chi connectivity index (χ1) is 25.0. The van der Waals surface area contributed by atoms with E-state index in [1.807, 2.05) is 0 Å². The van der Waals surface area contributed by atoms with Gasteiger partial charge in [-0.15, -0.1) is 0 Å². The Labute approximate surface area is 297 Å². The Balaban J connectivity index is 1.15. The number of rotatable bonds is 4. The van der Waals surface area contributed by atoms with Crippen molar-refractivity contribution < 1.29 is 0 Å². The summed E-state index contributed by atoms with van der Waals surface area (Å²) in [6.45, 7) is 4.67. The first-order valence-corrected chi connectivity index (χ1v) is 17.5. The molecule has 0 amide bonds. The zero-order chi connectivity index (χ0) is 34.1. The molecule has 0 spiro atoms. The van der Waals surface area contributed by atoms with Crippen LogP contribution in [0.3, 0.4) is 0 Å². The zero-order valence-electron chi connectivity index (χ0n) is 28.4. The SMILES string of the molecule is CC1(C)c2ccccc2-c2ccc(-c3cccc4c(-c5nc(-c6ccc7ccccc7c6)nc(-c6ccc7ccccc7c6)n5)cccc34)cc21. The second-order valence-electron chi connectivity index (χ2n) is 14.1. The maximum Gasteiger partial charge on any atom is 0.164 e. The van der Waals surface area contributed by atoms with Gasteiger partial charge in [0.2, 0.25) is 0 Å². The second-order valence-corrected chi connectivity index (χ2v) is 14.1. The van der Waals surface area contributed by atoms with Gasteiger partial charge in [0.25, 0.3) is 0 Å². The first-order valence-electron chi connectivity index (χ1n) is 17.5. The molecule has 0 atom stereocenters. The van der Waals surface area contributed by atoms with Crippen LogP contribution in [0.15, 0.2) is 164 Å². The Morgan fingerprint density at radius 3 is 1.49 bits per heavy atom. The van der Waals surface area contributed by atoms with Crippen molar-refractivity contribution in [2.45, 2.75) is 19.3 Å². The number of aromatic nitrogens is 3. The van der Waals surface area contributed by atoms with Gasteiger partial charge in [0, 0.05) is 22.1 Å². The fourth-order valence-corrected chi connectivity index (χ4v) is 8.04. The molecule has 1 aliphatic carbocycles. The molecule has 0 unspecified atom stereocenters. The lowest BCUT2D eigenvalue weighted by Crippen LogP contribution is -2.14. The Morgan fingerprint density at radius 1 is 0.333 bits per heavy atom. The maximum atomic E-state index is 5.19. The molecule has 0 bridgehead atoms. The highest BCUT2D eigenvalue weighted by atomic mass is 15.0. The summed E-state index contributed by atoms with van der Waals surface area (Å²) in [7, 11) is 0. The molecule has 3 nitrogen and oxygen atoms in total. The van der Waals surface area contributed by atoms with Gasteiger partial charge in [-0.3, -0.25) is 0 Å². The fraction of sp³-hybridized carbons (Fsp3) is 0.0625. The molecule has 240 valence electrons. The minimum atomic E-state index is -0.0686. The number of hydrogen-bond acceptors (Lipinski definition) is 3. The van der Waals surface area contributed by atoms with Gasteiger partial charge in [0.15, 0.2) is 17.5 Å². The van der Waals surface area contributed by atoms with E-state index in [1.165, 1.54) is 49.5 Å². The fourth-order valence-electron chi connectivity index (χ4n) is 8.04. The number of nitrogens with zero attached hydrogens (tertiary/aromatic N) is 3. The van der Waals surface area contributed by atoms with Gasteiger partial charge in [-0.1, -0.05) is 159 Å². The van der Waals surface area contributed by atoms with E-state index in [0.717, 1.165) is 32.8 Å². The van der Waals surface area contributed by atoms with Crippen molar-refractivity contribution in [2.75, 3.05) is 0 Å². The van der Waals surface area contributed by atoms with Crippen LogP contribution in [0.2, 0.25) is 0 Å². The molecule has 0 fully saturated rings. The maximum absolute atomic E-state index is 5.19. The molecular weight excluding hydrogens is 619 g/mol. The predicted molar refractivity (Wildman–Crippen MR) is 212 cm³/mol. The van der Waals surface area contributed by atoms with Gasteiger partial charge >= 0.3 is 0 Å². The van der Waals surface area contributed by atoms with Crippen LogP contribution in [0.25, 0.3) is 88.7 Å². The van der Waals surface area contributed by atoms with Crippen LogP contribution >= 0.6 is 0 Å². The first kappa shape index (κ1) is 29.5. The van der Waals surface area contributed by atoms with E-state index < -0.39 is 0 Å². The molecule has 8 aromatic carbocycles. The number of benzene rings is 8. The topological polar surface area (TPSA) is 38.7 Å². The molecule has 1 aliphatic rings. The number of hydrogen-bond donors (Lipinski definition) is 0. The third-order valence-corrected chi connectivity index (χ3v) is 10.7. The lowest BCUT2D eigenvalue weighted by Gasteiger charge is -2.22. The Bertz CT molecular complexity index is 2750. The third kappa shape index (κ3) is 4.77. The predicted octanol–water partition coefficient (Wildman–Crippen LogP) is 12.3. The van der Waals surface area contributed by atoms with E-state index in [9.17, 15) is 0 Å². The third-order valence-electron chi connectivity index (χ3n) is 10.7. The van der Waals surface area contributed by atoms with E-state index in [0.29, 0.717) is 17.5 Å².